The maximum absolute atomic E-state index is 10.1. The van der Waals surface area contributed by atoms with Crippen molar-refractivity contribution in [2.45, 2.75) is 26.0 Å². The summed E-state index contributed by atoms with van der Waals surface area (Å²) in [7, 11) is 0. The van der Waals surface area contributed by atoms with E-state index in [-0.39, 0.29) is 5.75 Å². The zero-order valence-corrected chi connectivity index (χ0v) is 9.74. The fraction of sp³-hybridized carbons (Fsp3) is 0.308. The number of nitrogens with zero attached hydrogens (tertiary/aromatic N) is 2. The molecule has 90 valence electrons. The number of aromatic hydroxyl groups is 1. The van der Waals surface area contributed by atoms with Crippen molar-refractivity contribution < 1.29 is 10.2 Å². The zero-order valence-electron chi connectivity index (χ0n) is 9.74. The van der Waals surface area contributed by atoms with Crippen molar-refractivity contribution in [3.05, 3.63) is 48.0 Å². The van der Waals surface area contributed by atoms with Crippen molar-refractivity contribution >= 4 is 0 Å². The van der Waals surface area contributed by atoms with Gasteiger partial charge in [0, 0.05) is 13.0 Å². The highest BCUT2D eigenvalue weighted by atomic mass is 16.3. The lowest BCUT2D eigenvalue weighted by Crippen LogP contribution is -2.08. The summed E-state index contributed by atoms with van der Waals surface area (Å²) < 4.78 is 1.92. The Morgan fingerprint density at radius 2 is 2.00 bits per heavy atom. The number of aromatic nitrogens is 2. The normalized spacial score (nSPS) is 12.6. The largest absolute Gasteiger partial charge is 0.508 e. The van der Waals surface area contributed by atoms with Crippen molar-refractivity contribution in [3.63, 3.8) is 0 Å². The van der Waals surface area contributed by atoms with Crippen molar-refractivity contribution in [2.75, 3.05) is 0 Å². The lowest BCUT2D eigenvalue weighted by molar-refractivity contribution is 0.169. The average Bonchev–Trinajstić information content (AvgIpc) is 2.80. The Labute approximate surface area is 100 Å². The van der Waals surface area contributed by atoms with Gasteiger partial charge in [-0.15, -0.1) is 0 Å². The number of phenols is 1. The molecule has 1 aromatic carbocycles. The average molecular weight is 232 g/mol. The topological polar surface area (TPSA) is 58.3 Å². The highest BCUT2D eigenvalue weighted by Gasteiger charge is 2.12. The third-order valence-electron chi connectivity index (χ3n) is 2.79. The van der Waals surface area contributed by atoms with E-state index >= 15 is 0 Å². The van der Waals surface area contributed by atoms with Gasteiger partial charge in [-0.1, -0.05) is 12.1 Å². The molecule has 1 atom stereocenters. The number of hydrogen-bond donors (Lipinski definition) is 2. The molecule has 2 N–H and O–H groups in total. The van der Waals surface area contributed by atoms with Crippen molar-refractivity contribution in [2.24, 2.45) is 0 Å². The summed E-state index contributed by atoms with van der Waals surface area (Å²) in [6.45, 7) is 2.81. The van der Waals surface area contributed by atoms with Crippen LogP contribution in [0.1, 0.15) is 24.3 Å². The molecule has 0 amide bonds. The monoisotopic (exact) mass is 232 g/mol. The smallest absolute Gasteiger partial charge is 0.115 e. The summed E-state index contributed by atoms with van der Waals surface area (Å²) in [6.07, 6.45) is 3.36. The SMILES string of the molecule is CCn1cncc1C(O)Cc1ccc(O)cc1. The fourth-order valence-corrected chi connectivity index (χ4v) is 1.83. The van der Waals surface area contributed by atoms with Crippen LogP contribution in [0.5, 0.6) is 5.75 Å². The van der Waals surface area contributed by atoms with Crippen LogP contribution in [-0.2, 0) is 13.0 Å². The molecule has 1 unspecified atom stereocenters. The number of benzene rings is 1. The first-order chi connectivity index (χ1) is 8.20. The van der Waals surface area contributed by atoms with Gasteiger partial charge in [-0.25, -0.2) is 4.98 Å². The Balaban J connectivity index is 2.11. The van der Waals surface area contributed by atoms with Gasteiger partial charge in [0.25, 0.3) is 0 Å². The molecule has 0 saturated heterocycles. The molecule has 1 aromatic heterocycles. The Bertz CT molecular complexity index is 476. The zero-order chi connectivity index (χ0) is 12.3. The van der Waals surface area contributed by atoms with Crippen molar-refractivity contribution in [1.29, 1.82) is 0 Å². The molecule has 4 heteroatoms. The van der Waals surface area contributed by atoms with E-state index in [9.17, 15) is 10.2 Å². The van der Waals surface area contributed by atoms with E-state index in [1.165, 1.54) is 0 Å². The van der Waals surface area contributed by atoms with Gasteiger partial charge in [0.15, 0.2) is 0 Å². The van der Waals surface area contributed by atoms with Crippen LogP contribution in [0.4, 0.5) is 0 Å². The predicted octanol–water partition coefficient (Wildman–Crippen LogP) is 1.88. The van der Waals surface area contributed by atoms with Crippen LogP contribution >= 0.6 is 0 Å². The molecule has 0 aliphatic heterocycles. The third-order valence-corrected chi connectivity index (χ3v) is 2.79. The summed E-state index contributed by atoms with van der Waals surface area (Å²) in [5, 5.41) is 19.3. The molecule has 2 aromatic rings. The Morgan fingerprint density at radius 1 is 1.29 bits per heavy atom. The van der Waals surface area contributed by atoms with Gasteiger partial charge in [-0.3, -0.25) is 0 Å². The van der Waals surface area contributed by atoms with Crippen molar-refractivity contribution in [1.82, 2.24) is 9.55 Å². The molecule has 0 aliphatic carbocycles. The quantitative estimate of drug-likeness (QED) is 0.846. The summed E-state index contributed by atoms with van der Waals surface area (Å²) in [5.41, 5.74) is 1.81. The number of hydrogen-bond acceptors (Lipinski definition) is 3. The minimum absolute atomic E-state index is 0.238. The third kappa shape index (κ3) is 2.65. The first kappa shape index (κ1) is 11.7. The summed E-state index contributed by atoms with van der Waals surface area (Å²) in [4.78, 5) is 4.03. The van der Waals surface area contributed by atoms with E-state index in [1.807, 2.05) is 23.6 Å². The van der Waals surface area contributed by atoms with Crippen LogP contribution in [0.3, 0.4) is 0 Å². The molecule has 0 saturated carbocycles. The van der Waals surface area contributed by atoms with Crippen LogP contribution in [0.25, 0.3) is 0 Å². The Morgan fingerprint density at radius 3 is 2.65 bits per heavy atom. The van der Waals surface area contributed by atoms with Gasteiger partial charge in [0.05, 0.1) is 24.3 Å². The van der Waals surface area contributed by atoms with Gasteiger partial charge >= 0.3 is 0 Å². The predicted molar refractivity (Wildman–Crippen MR) is 64.7 cm³/mol. The van der Waals surface area contributed by atoms with E-state index in [2.05, 4.69) is 4.98 Å². The highest BCUT2D eigenvalue weighted by molar-refractivity contribution is 5.26. The van der Waals surface area contributed by atoms with E-state index in [0.717, 1.165) is 17.8 Å². The Kier molecular flexibility index (Phi) is 3.44. The number of rotatable bonds is 4. The summed E-state index contributed by atoms with van der Waals surface area (Å²) >= 11 is 0. The second kappa shape index (κ2) is 5.01. The number of aliphatic hydroxyl groups is 1. The minimum atomic E-state index is -0.568. The molecule has 2 rings (SSSR count). The van der Waals surface area contributed by atoms with Gasteiger partial charge in [-0.05, 0) is 24.6 Å². The fourth-order valence-electron chi connectivity index (χ4n) is 1.83. The van der Waals surface area contributed by atoms with E-state index in [0.29, 0.717) is 6.42 Å². The molecule has 0 aliphatic rings. The number of imidazole rings is 1. The van der Waals surface area contributed by atoms with Gasteiger partial charge in [0.1, 0.15) is 5.75 Å². The summed E-state index contributed by atoms with van der Waals surface area (Å²) in [5.74, 6) is 0.238. The van der Waals surface area contributed by atoms with Gasteiger partial charge in [-0.2, -0.15) is 0 Å². The van der Waals surface area contributed by atoms with Crippen LogP contribution < -0.4 is 0 Å². The molecule has 0 radical (unpaired) electrons. The van der Waals surface area contributed by atoms with Crippen LogP contribution in [0, 0.1) is 0 Å². The number of aryl methyl sites for hydroxylation is 1. The maximum Gasteiger partial charge on any atom is 0.115 e. The van der Waals surface area contributed by atoms with E-state index in [4.69, 9.17) is 0 Å². The molecule has 1 heterocycles. The molecule has 17 heavy (non-hydrogen) atoms. The summed E-state index contributed by atoms with van der Waals surface area (Å²) in [6, 6.07) is 6.87. The standard InChI is InChI=1S/C13H16N2O2/c1-2-15-9-14-8-12(15)13(17)7-10-3-5-11(16)6-4-10/h3-6,8-9,13,16-17H,2,7H2,1H3. The Hall–Kier alpha value is -1.81. The van der Waals surface area contributed by atoms with Crippen LogP contribution in [0.15, 0.2) is 36.8 Å². The molecular formula is C13H16N2O2. The molecule has 0 spiro atoms. The molecule has 4 nitrogen and oxygen atoms in total. The highest BCUT2D eigenvalue weighted by Crippen LogP contribution is 2.19. The number of phenolic OH excluding ortho intramolecular Hbond substituents is 1. The van der Waals surface area contributed by atoms with Crippen molar-refractivity contribution in [3.8, 4) is 5.75 Å². The molecule has 0 bridgehead atoms. The van der Waals surface area contributed by atoms with Crippen LogP contribution in [-0.4, -0.2) is 19.8 Å². The first-order valence-electron chi connectivity index (χ1n) is 5.66. The number of aliphatic hydroxyl groups excluding tert-OH is 1. The second-order valence-electron chi connectivity index (χ2n) is 3.99. The lowest BCUT2D eigenvalue weighted by atomic mass is 10.1. The van der Waals surface area contributed by atoms with E-state index in [1.54, 1.807) is 24.7 Å². The second-order valence-corrected chi connectivity index (χ2v) is 3.99. The minimum Gasteiger partial charge on any atom is -0.508 e. The molecular weight excluding hydrogens is 216 g/mol. The maximum atomic E-state index is 10.1. The van der Waals surface area contributed by atoms with Gasteiger partial charge in [0.2, 0.25) is 0 Å². The first-order valence-corrected chi connectivity index (χ1v) is 5.66. The lowest BCUT2D eigenvalue weighted by Gasteiger charge is -2.12. The van der Waals surface area contributed by atoms with E-state index < -0.39 is 6.10 Å². The van der Waals surface area contributed by atoms with Gasteiger partial charge < -0.3 is 14.8 Å². The molecule has 0 fully saturated rings. The van der Waals surface area contributed by atoms with Crippen LogP contribution in [0.2, 0.25) is 0 Å².